The Balaban J connectivity index is 1.52. The van der Waals surface area contributed by atoms with Crippen molar-refractivity contribution in [3.63, 3.8) is 0 Å². The number of rotatable bonds is 6. The molecule has 0 aromatic rings. The molecule has 0 aromatic carbocycles. The van der Waals surface area contributed by atoms with Crippen molar-refractivity contribution in [3.05, 3.63) is 0 Å². The lowest BCUT2D eigenvalue weighted by molar-refractivity contribution is 0.115. The molecule has 1 saturated carbocycles. The van der Waals surface area contributed by atoms with Crippen LogP contribution in [0, 0.1) is 11.3 Å². The second kappa shape index (κ2) is 6.91. The minimum atomic E-state index is 0.633. The van der Waals surface area contributed by atoms with Gasteiger partial charge in [-0.05, 0) is 56.7 Å². The molecule has 0 aromatic heterocycles. The Labute approximate surface area is 114 Å². The predicted molar refractivity (Wildman–Crippen MR) is 78.9 cm³/mol. The summed E-state index contributed by atoms with van der Waals surface area (Å²) in [6, 6.07) is 0. The standard InChI is InChI=1S/C16H32N2/c1-3-16(2)8-11-18(12-9-16)13-10-17-14-15-6-4-5-7-15/h15,17H,3-14H2,1-2H3. The third kappa shape index (κ3) is 4.24. The van der Waals surface area contributed by atoms with Gasteiger partial charge in [-0.15, -0.1) is 0 Å². The van der Waals surface area contributed by atoms with Crippen LogP contribution in [0.5, 0.6) is 0 Å². The molecule has 2 aliphatic rings. The van der Waals surface area contributed by atoms with Gasteiger partial charge >= 0.3 is 0 Å². The maximum atomic E-state index is 3.67. The van der Waals surface area contributed by atoms with Gasteiger partial charge in [0.25, 0.3) is 0 Å². The average molecular weight is 252 g/mol. The molecule has 2 nitrogen and oxygen atoms in total. The fourth-order valence-corrected chi connectivity index (χ4v) is 3.43. The van der Waals surface area contributed by atoms with E-state index in [0.29, 0.717) is 5.41 Å². The number of hydrogen-bond acceptors (Lipinski definition) is 2. The second-order valence-electron chi connectivity index (χ2n) is 6.86. The van der Waals surface area contributed by atoms with Crippen molar-refractivity contribution < 1.29 is 0 Å². The SMILES string of the molecule is CCC1(C)CCN(CCNCC2CCCC2)CC1. The molecule has 0 bridgehead atoms. The van der Waals surface area contributed by atoms with Crippen molar-refractivity contribution in [2.24, 2.45) is 11.3 Å². The normalized spacial score (nSPS) is 25.7. The molecule has 106 valence electrons. The summed E-state index contributed by atoms with van der Waals surface area (Å²) in [6.07, 6.45) is 10.00. The average Bonchev–Trinajstić information content (AvgIpc) is 2.90. The van der Waals surface area contributed by atoms with E-state index in [1.54, 1.807) is 0 Å². The van der Waals surface area contributed by atoms with E-state index < -0.39 is 0 Å². The van der Waals surface area contributed by atoms with E-state index in [4.69, 9.17) is 0 Å². The summed E-state index contributed by atoms with van der Waals surface area (Å²) >= 11 is 0. The van der Waals surface area contributed by atoms with Crippen LogP contribution in [0.2, 0.25) is 0 Å². The molecular formula is C16H32N2. The van der Waals surface area contributed by atoms with E-state index >= 15 is 0 Å². The topological polar surface area (TPSA) is 15.3 Å². The van der Waals surface area contributed by atoms with E-state index in [1.165, 1.54) is 77.7 Å². The van der Waals surface area contributed by atoms with Crippen LogP contribution in [-0.4, -0.2) is 37.6 Å². The second-order valence-corrected chi connectivity index (χ2v) is 6.86. The molecule has 1 heterocycles. The van der Waals surface area contributed by atoms with Crippen molar-refractivity contribution in [2.75, 3.05) is 32.7 Å². The lowest BCUT2D eigenvalue weighted by Gasteiger charge is -2.39. The van der Waals surface area contributed by atoms with Crippen LogP contribution in [0.3, 0.4) is 0 Å². The number of hydrogen-bond donors (Lipinski definition) is 1. The lowest BCUT2D eigenvalue weighted by Crippen LogP contribution is -2.41. The molecule has 2 fully saturated rings. The summed E-state index contributed by atoms with van der Waals surface area (Å²) in [5.41, 5.74) is 0.633. The third-order valence-corrected chi connectivity index (χ3v) is 5.43. The number of nitrogens with zero attached hydrogens (tertiary/aromatic N) is 1. The molecule has 0 amide bonds. The van der Waals surface area contributed by atoms with Gasteiger partial charge in [0.05, 0.1) is 0 Å². The van der Waals surface area contributed by atoms with E-state index in [-0.39, 0.29) is 0 Å². The molecule has 0 atom stereocenters. The number of likely N-dealkylation sites (tertiary alicyclic amines) is 1. The van der Waals surface area contributed by atoms with Gasteiger partial charge in [0, 0.05) is 13.1 Å². The molecule has 1 saturated heterocycles. The van der Waals surface area contributed by atoms with Gasteiger partial charge in [-0.2, -0.15) is 0 Å². The Hall–Kier alpha value is -0.0800. The maximum absolute atomic E-state index is 3.67. The Bertz CT molecular complexity index is 225. The van der Waals surface area contributed by atoms with Gasteiger partial charge in [-0.1, -0.05) is 33.1 Å². The highest BCUT2D eigenvalue weighted by Crippen LogP contribution is 2.33. The molecule has 0 radical (unpaired) electrons. The smallest absolute Gasteiger partial charge is 0.0107 e. The Morgan fingerprint density at radius 3 is 2.44 bits per heavy atom. The first-order valence-corrected chi connectivity index (χ1v) is 8.15. The number of piperidine rings is 1. The largest absolute Gasteiger partial charge is 0.315 e. The molecule has 2 rings (SSSR count). The zero-order chi connectivity index (χ0) is 12.8. The molecular weight excluding hydrogens is 220 g/mol. The molecule has 18 heavy (non-hydrogen) atoms. The molecule has 1 aliphatic carbocycles. The van der Waals surface area contributed by atoms with Crippen LogP contribution >= 0.6 is 0 Å². The summed E-state index contributed by atoms with van der Waals surface area (Å²) in [5.74, 6) is 0.981. The van der Waals surface area contributed by atoms with Crippen LogP contribution in [0.25, 0.3) is 0 Å². The zero-order valence-corrected chi connectivity index (χ0v) is 12.5. The fraction of sp³-hybridized carbons (Fsp3) is 1.00. The first-order chi connectivity index (χ1) is 8.72. The lowest BCUT2D eigenvalue weighted by atomic mass is 9.78. The number of nitrogens with one attached hydrogen (secondary N) is 1. The van der Waals surface area contributed by atoms with Gasteiger partial charge < -0.3 is 10.2 Å². The summed E-state index contributed by atoms with van der Waals surface area (Å²) < 4.78 is 0. The summed E-state index contributed by atoms with van der Waals surface area (Å²) in [7, 11) is 0. The zero-order valence-electron chi connectivity index (χ0n) is 12.5. The molecule has 0 spiro atoms. The molecule has 1 aliphatic heterocycles. The minimum absolute atomic E-state index is 0.633. The summed E-state index contributed by atoms with van der Waals surface area (Å²) in [4.78, 5) is 2.65. The van der Waals surface area contributed by atoms with E-state index in [9.17, 15) is 0 Å². The highest BCUT2D eigenvalue weighted by molar-refractivity contribution is 4.81. The van der Waals surface area contributed by atoms with Crippen molar-refractivity contribution >= 4 is 0 Å². The monoisotopic (exact) mass is 252 g/mol. The molecule has 1 N–H and O–H groups in total. The highest BCUT2D eigenvalue weighted by atomic mass is 15.1. The highest BCUT2D eigenvalue weighted by Gasteiger charge is 2.27. The Morgan fingerprint density at radius 2 is 1.83 bits per heavy atom. The van der Waals surface area contributed by atoms with Crippen molar-refractivity contribution in [1.29, 1.82) is 0 Å². The first kappa shape index (κ1) is 14.3. The van der Waals surface area contributed by atoms with Gasteiger partial charge in [0.1, 0.15) is 0 Å². The van der Waals surface area contributed by atoms with E-state index in [0.717, 1.165) is 5.92 Å². The van der Waals surface area contributed by atoms with Crippen molar-refractivity contribution in [2.45, 2.75) is 58.8 Å². The minimum Gasteiger partial charge on any atom is -0.315 e. The van der Waals surface area contributed by atoms with E-state index in [1.807, 2.05) is 0 Å². The summed E-state index contributed by atoms with van der Waals surface area (Å²) in [6.45, 7) is 11.2. The van der Waals surface area contributed by atoms with E-state index in [2.05, 4.69) is 24.1 Å². The maximum Gasteiger partial charge on any atom is 0.0107 e. The van der Waals surface area contributed by atoms with Gasteiger partial charge in [0.15, 0.2) is 0 Å². The summed E-state index contributed by atoms with van der Waals surface area (Å²) in [5, 5.41) is 3.67. The van der Waals surface area contributed by atoms with Crippen LogP contribution in [0.4, 0.5) is 0 Å². The fourth-order valence-electron chi connectivity index (χ4n) is 3.43. The van der Waals surface area contributed by atoms with Crippen LogP contribution in [0.15, 0.2) is 0 Å². The van der Waals surface area contributed by atoms with Gasteiger partial charge in [0.2, 0.25) is 0 Å². The van der Waals surface area contributed by atoms with Crippen LogP contribution in [0.1, 0.15) is 58.8 Å². The molecule has 0 unspecified atom stereocenters. The Kier molecular flexibility index (Phi) is 5.50. The van der Waals surface area contributed by atoms with Crippen LogP contribution in [-0.2, 0) is 0 Å². The quantitative estimate of drug-likeness (QED) is 0.730. The first-order valence-electron chi connectivity index (χ1n) is 8.15. The van der Waals surface area contributed by atoms with Gasteiger partial charge in [-0.25, -0.2) is 0 Å². The molecule has 2 heteroatoms. The predicted octanol–water partition coefficient (Wildman–Crippen LogP) is 3.28. The Morgan fingerprint density at radius 1 is 1.17 bits per heavy atom. The van der Waals surface area contributed by atoms with Crippen molar-refractivity contribution in [1.82, 2.24) is 10.2 Å². The third-order valence-electron chi connectivity index (χ3n) is 5.43. The van der Waals surface area contributed by atoms with Gasteiger partial charge in [-0.3, -0.25) is 0 Å². The van der Waals surface area contributed by atoms with Crippen molar-refractivity contribution in [3.8, 4) is 0 Å². The van der Waals surface area contributed by atoms with Crippen LogP contribution < -0.4 is 5.32 Å².